The van der Waals surface area contributed by atoms with Gasteiger partial charge in [0.2, 0.25) is 5.95 Å². The molecule has 24 heavy (non-hydrogen) atoms. The quantitative estimate of drug-likeness (QED) is 0.735. The minimum Gasteiger partial charge on any atom is -0.496 e. The van der Waals surface area contributed by atoms with Crippen molar-refractivity contribution in [3.05, 3.63) is 82.6 Å². The number of methoxy groups -OCH3 is 1. The molecule has 4 nitrogen and oxygen atoms in total. The second-order valence-electron chi connectivity index (χ2n) is 5.42. The number of aromatic nitrogens is 2. The molecule has 0 aliphatic heterocycles. The number of rotatable bonds is 5. The van der Waals surface area contributed by atoms with Crippen LogP contribution in [-0.2, 0) is 0 Å². The van der Waals surface area contributed by atoms with Crippen LogP contribution in [0.4, 0.5) is 5.95 Å². The van der Waals surface area contributed by atoms with Crippen molar-refractivity contribution in [2.45, 2.75) is 13.0 Å². The first-order chi connectivity index (χ1) is 11.7. The van der Waals surface area contributed by atoms with Gasteiger partial charge in [0.05, 0.1) is 13.2 Å². The van der Waals surface area contributed by atoms with E-state index in [0.29, 0.717) is 11.0 Å². The van der Waals surface area contributed by atoms with Gasteiger partial charge >= 0.3 is 0 Å². The largest absolute Gasteiger partial charge is 0.496 e. The van der Waals surface area contributed by atoms with Crippen molar-refractivity contribution in [2.24, 2.45) is 0 Å². The van der Waals surface area contributed by atoms with Crippen molar-refractivity contribution in [3.63, 3.8) is 0 Å². The lowest BCUT2D eigenvalue weighted by Crippen LogP contribution is -2.15. The third kappa shape index (κ3) is 3.49. The summed E-state index contributed by atoms with van der Waals surface area (Å²) in [6.45, 7) is 1.95. The molecule has 0 aliphatic carbocycles. The fraction of sp³-hybridized carbons (Fsp3) is 0.158. The third-order valence-corrected chi connectivity index (χ3v) is 4.06. The van der Waals surface area contributed by atoms with Gasteiger partial charge in [0.1, 0.15) is 5.75 Å². The second kappa shape index (κ2) is 7.32. The van der Waals surface area contributed by atoms with E-state index in [4.69, 9.17) is 16.3 Å². The lowest BCUT2D eigenvalue weighted by molar-refractivity contribution is 0.408. The normalized spacial score (nSPS) is 11.8. The smallest absolute Gasteiger partial charge is 0.223 e. The summed E-state index contributed by atoms with van der Waals surface area (Å²) in [5.74, 6) is 1.32. The molecule has 0 bridgehead atoms. The Balaban J connectivity index is 2.07. The van der Waals surface area contributed by atoms with Crippen molar-refractivity contribution in [1.82, 2.24) is 9.97 Å². The topological polar surface area (TPSA) is 47.0 Å². The molecule has 1 heterocycles. The summed E-state index contributed by atoms with van der Waals surface area (Å²) >= 11 is 6.43. The Kier molecular flexibility index (Phi) is 4.96. The van der Waals surface area contributed by atoms with E-state index in [2.05, 4.69) is 15.3 Å². The average molecular weight is 340 g/mol. The monoisotopic (exact) mass is 339 g/mol. The molecular weight excluding hydrogens is 322 g/mol. The van der Waals surface area contributed by atoms with Gasteiger partial charge in [0, 0.05) is 23.0 Å². The fourth-order valence-electron chi connectivity index (χ4n) is 2.53. The molecule has 3 rings (SSSR count). The molecule has 0 radical (unpaired) electrons. The summed E-state index contributed by atoms with van der Waals surface area (Å²) in [7, 11) is 1.66. The van der Waals surface area contributed by atoms with Gasteiger partial charge < -0.3 is 10.1 Å². The van der Waals surface area contributed by atoms with Crippen LogP contribution in [0, 0.1) is 6.92 Å². The molecule has 0 saturated carbocycles. The molecule has 1 unspecified atom stereocenters. The summed E-state index contributed by atoms with van der Waals surface area (Å²) in [4.78, 5) is 8.70. The maximum atomic E-state index is 6.43. The van der Waals surface area contributed by atoms with Gasteiger partial charge in [-0.2, -0.15) is 0 Å². The first-order valence-electron chi connectivity index (χ1n) is 7.61. The van der Waals surface area contributed by atoms with Gasteiger partial charge in [-0.1, -0.05) is 48.0 Å². The van der Waals surface area contributed by atoms with Crippen LogP contribution in [0.2, 0.25) is 5.02 Å². The van der Waals surface area contributed by atoms with Crippen LogP contribution in [-0.4, -0.2) is 17.1 Å². The number of hydrogen-bond donors (Lipinski definition) is 1. The SMILES string of the molecule is COc1ccccc1C(Nc1ncc(C)cn1)c1ccccc1Cl. The zero-order valence-electron chi connectivity index (χ0n) is 13.5. The maximum absolute atomic E-state index is 6.43. The summed E-state index contributed by atoms with van der Waals surface area (Å²) in [5, 5.41) is 4.04. The van der Waals surface area contributed by atoms with Gasteiger partial charge in [0.25, 0.3) is 0 Å². The molecule has 0 fully saturated rings. The molecule has 3 aromatic rings. The Morgan fingerprint density at radius 2 is 1.58 bits per heavy atom. The molecule has 0 saturated heterocycles. The summed E-state index contributed by atoms with van der Waals surface area (Å²) < 4.78 is 5.52. The van der Waals surface area contributed by atoms with Crippen molar-refractivity contribution in [3.8, 4) is 5.75 Å². The van der Waals surface area contributed by atoms with Gasteiger partial charge in [-0.05, 0) is 30.2 Å². The molecule has 0 spiro atoms. The highest BCUT2D eigenvalue weighted by Gasteiger charge is 2.21. The van der Waals surface area contributed by atoms with Crippen LogP contribution in [0.5, 0.6) is 5.75 Å². The van der Waals surface area contributed by atoms with Gasteiger partial charge in [-0.15, -0.1) is 0 Å². The predicted octanol–water partition coefficient (Wildman–Crippen LogP) is 4.65. The number of hydrogen-bond acceptors (Lipinski definition) is 4. The van der Waals surface area contributed by atoms with E-state index in [-0.39, 0.29) is 6.04 Å². The van der Waals surface area contributed by atoms with Gasteiger partial charge in [-0.25, -0.2) is 9.97 Å². The van der Waals surface area contributed by atoms with E-state index < -0.39 is 0 Å². The van der Waals surface area contributed by atoms with Crippen LogP contribution < -0.4 is 10.1 Å². The predicted molar refractivity (Wildman–Crippen MR) is 96.7 cm³/mol. The Morgan fingerprint density at radius 3 is 2.25 bits per heavy atom. The van der Waals surface area contributed by atoms with Crippen LogP contribution in [0.1, 0.15) is 22.7 Å². The van der Waals surface area contributed by atoms with E-state index in [1.807, 2.05) is 55.5 Å². The van der Waals surface area contributed by atoms with Crippen molar-refractivity contribution < 1.29 is 4.74 Å². The van der Waals surface area contributed by atoms with Gasteiger partial charge in [0.15, 0.2) is 0 Å². The maximum Gasteiger partial charge on any atom is 0.223 e. The number of aryl methyl sites for hydroxylation is 1. The zero-order valence-corrected chi connectivity index (χ0v) is 14.3. The highest BCUT2D eigenvalue weighted by molar-refractivity contribution is 6.31. The van der Waals surface area contributed by atoms with Crippen LogP contribution in [0.15, 0.2) is 60.9 Å². The van der Waals surface area contributed by atoms with Crippen molar-refractivity contribution in [1.29, 1.82) is 0 Å². The van der Waals surface area contributed by atoms with Crippen LogP contribution in [0.25, 0.3) is 0 Å². The minimum absolute atomic E-state index is 0.224. The lowest BCUT2D eigenvalue weighted by atomic mass is 9.98. The number of nitrogens with zero attached hydrogens (tertiary/aromatic N) is 2. The Labute approximate surface area is 146 Å². The number of halogens is 1. The lowest BCUT2D eigenvalue weighted by Gasteiger charge is -2.22. The minimum atomic E-state index is -0.224. The van der Waals surface area contributed by atoms with Crippen molar-refractivity contribution >= 4 is 17.5 Å². The number of ether oxygens (including phenoxy) is 1. The molecular formula is C19H18ClN3O. The average Bonchev–Trinajstić information content (AvgIpc) is 2.62. The summed E-state index contributed by atoms with van der Waals surface area (Å²) in [6.07, 6.45) is 3.56. The molecule has 1 aromatic heterocycles. The van der Waals surface area contributed by atoms with E-state index >= 15 is 0 Å². The zero-order chi connectivity index (χ0) is 16.9. The van der Waals surface area contributed by atoms with E-state index in [9.17, 15) is 0 Å². The number of nitrogens with one attached hydrogen (secondary N) is 1. The standard InChI is InChI=1S/C19H18ClN3O/c1-13-11-21-19(22-12-13)23-18(14-7-3-5-9-16(14)20)15-8-4-6-10-17(15)24-2/h3-12,18H,1-2H3,(H,21,22,23). The highest BCUT2D eigenvalue weighted by atomic mass is 35.5. The fourth-order valence-corrected chi connectivity index (χ4v) is 2.78. The summed E-state index contributed by atoms with van der Waals surface area (Å²) in [6, 6.07) is 15.3. The van der Waals surface area contributed by atoms with Crippen LogP contribution in [0.3, 0.4) is 0 Å². The number of para-hydroxylation sites is 1. The Hall–Kier alpha value is -2.59. The molecule has 122 valence electrons. The first kappa shape index (κ1) is 16.3. The molecule has 2 aromatic carbocycles. The first-order valence-corrected chi connectivity index (χ1v) is 7.99. The summed E-state index contributed by atoms with van der Waals surface area (Å²) in [5.41, 5.74) is 2.91. The molecule has 5 heteroatoms. The highest BCUT2D eigenvalue weighted by Crippen LogP contribution is 2.35. The molecule has 1 atom stereocenters. The second-order valence-corrected chi connectivity index (χ2v) is 5.83. The Bertz CT molecular complexity index is 821. The Morgan fingerprint density at radius 1 is 0.958 bits per heavy atom. The molecule has 0 amide bonds. The molecule has 1 N–H and O–H groups in total. The van der Waals surface area contributed by atoms with Crippen LogP contribution >= 0.6 is 11.6 Å². The number of benzene rings is 2. The van der Waals surface area contributed by atoms with Crippen molar-refractivity contribution in [2.75, 3.05) is 12.4 Å². The van der Waals surface area contributed by atoms with E-state index in [1.165, 1.54) is 0 Å². The van der Waals surface area contributed by atoms with Gasteiger partial charge in [-0.3, -0.25) is 0 Å². The third-order valence-electron chi connectivity index (χ3n) is 3.72. The van der Waals surface area contributed by atoms with E-state index in [1.54, 1.807) is 19.5 Å². The van der Waals surface area contributed by atoms with E-state index in [0.717, 1.165) is 22.4 Å². The number of anilines is 1. The molecule has 0 aliphatic rings.